The molecule has 0 N–H and O–H groups in total. The van der Waals surface area contributed by atoms with Gasteiger partial charge in [-0.2, -0.15) is 0 Å². The van der Waals surface area contributed by atoms with Crippen LogP contribution in [0.5, 0.6) is 0 Å². The fraction of sp³-hybridized carbons (Fsp3) is 0.667. The van der Waals surface area contributed by atoms with Gasteiger partial charge < -0.3 is 18.9 Å². The number of rotatable bonds is 0. The molecule has 0 nitrogen and oxygen atoms in total. The van der Waals surface area contributed by atoms with Gasteiger partial charge in [-0.15, -0.1) is 0 Å². The van der Waals surface area contributed by atoms with E-state index >= 15 is 0 Å². The molecule has 0 aromatic carbocycles. The third kappa shape index (κ3) is 37.5. The minimum absolute atomic E-state index is 0. The second kappa shape index (κ2) is 11.0. The number of hydrogen-bond acceptors (Lipinski definition) is 0. The molecule has 0 aliphatic carbocycles. The van der Waals surface area contributed by atoms with E-state index < -0.39 is 0 Å². The first-order valence-corrected chi connectivity index (χ1v) is 4.12. The van der Waals surface area contributed by atoms with Gasteiger partial charge in [-0.05, 0) is 5.41 Å². The Kier molecular flexibility index (Phi) is 19.4. The first kappa shape index (κ1) is 24.6. The summed E-state index contributed by atoms with van der Waals surface area (Å²) in [7, 11) is 0. The van der Waals surface area contributed by atoms with Crippen LogP contribution in [0.1, 0.15) is 41.5 Å². The molecule has 0 aliphatic heterocycles. The Morgan fingerprint density at radius 1 is 1.00 bits per heavy atom. The first-order valence-electron chi connectivity index (χ1n) is 4.12. The van der Waals surface area contributed by atoms with Crippen molar-refractivity contribution in [3.8, 4) is 5.92 Å². The molecular weight excluding hydrogens is 322 g/mol. The summed E-state index contributed by atoms with van der Waals surface area (Å²) >= 11 is 0. The molecule has 0 aromatic heterocycles. The molecule has 0 saturated heterocycles. The van der Waals surface area contributed by atoms with E-state index in [1.165, 1.54) is 0 Å². The van der Waals surface area contributed by atoms with Crippen LogP contribution in [-0.4, -0.2) is 0 Å². The van der Waals surface area contributed by atoms with Gasteiger partial charge in [0.15, 0.2) is 0 Å². The summed E-state index contributed by atoms with van der Waals surface area (Å²) in [5.74, 6) is 2.35. The molecule has 2 heteroatoms. The first-order chi connectivity index (χ1) is 5.12. The van der Waals surface area contributed by atoms with Crippen LogP contribution in [0.4, 0.5) is 0 Å². The van der Waals surface area contributed by atoms with Crippen molar-refractivity contribution in [2.75, 3.05) is 0 Å². The van der Waals surface area contributed by atoms with Crippen molar-refractivity contribution in [3.05, 3.63) is 19.1 Å². The number of hydrogen-bond donors (Lipinski definition) is 0. The summed E-state index contributed by atoms with van der Waals surface area (Å²) in [5, 5.41) is 0. The van der Waals surface area contributed by atoms with E-state index in [4.69, 9.17) is 13.0 Å². The Hall–Kier alpha value is 1.51. The quantitative estimate of drug-likeness (QED) is 0.466. The average molecular weight is 342 g/mol. The van der Waals surface area contributed by atoms with E-state index in [0.29, 0.717) is 0 Å². The molecule has 0 saturated carbocycles. The minimum atomic E-state index is -0.0417. The Morgan fingerprint density at radius 2 is 1.14 bits per heavy atom. The average Bonchev–Trinajstić information content (AvgIpc) is 1.86. The topological polar surface area (TPSA) is 0 Å². The van der Waals surface area contributed by atoms with Crippen molar-refractivity contribution >= 4 is 0 Å². The van der Waals surface area contributed by atoms with Crippen molar-refractivity contribution in [3.63, 3.8) is 0 Å². The maximum atomic E-state index is 6.60. The van der Waals surface area contributed by atoms with Crippen LogP contribution in [0, 0.1) is 29.8 Å². The molecule has 0 bridgehead atoms. The fourth-order valence-corrected chi connectivity index (χ4v) is 0. The van der Waals surface area contributed by atoms with Crippen molar-refractivity contribution in [1.82, 2.24) is 0 Å². The van der Waals surface area contributed by atoms with Crippen LogP contribution in [0.3, 0.4) is 0 Å². The van der Waals surface area contributed by atoms with Crippen LogP contribution < -0.4 is 0 Å². The molecule has 0 heterocycles. The van der Waals surface area contributed by atoms with Gasteiger partial charge in [0.2, 0.25) is 0 Å². The van der Waals surface area contributed by atoms with E-state index in [0.717, 1.165) is 0 Å². The molecule has 0 unspecified atom stereocenters. The Bertz CT molecular complexity index is 162. The fourth-order valence-electron chi connectivity index (χ4n) is 0. The molecule has 0 aliphatic rings. The molecule has 14 heavy (non-hydrogen) atoms. The minimum Gasteiger partial charge on any atom is -0.693 e. The molecular formula is C12H20Y2-2. The van der Waals surface area contributed by atoms with E-state index in [1.54, 1.807) is 6.08 Å². The standard InChI is InChI=1S/C6H11.C6H9.2Y/c2*1-5-6(2,3)4;;/h1,5H,2-4H3;2-4H3;;/q2*-1;;. The Labute approximate surface area is 141 Å². The predicted molar refractivity (Wildman–Crippen MR) is 54.9 cm³/mol. The van der Waals surface area contributed by atoms with Gasteiger partial charge in [0.1, 0.15) is 0 Å². The van der Waals surface area contributed by atoms with Crippen molar-refractivity contribution < 1.29 is 65.4 Å². The second-order valence-corrected chi connectivity index (χ2v) is 4.91. The van der Waals surface area contributed by atoms with Gasteiger partial charge in [-0.1, -0.05) is 47.0 Å². The largest absolute Gasteiger partial charge is 0.693 e. The maximum absolute atomic E-state index is 6.60. The normalized spacial score (nSPS) is 9.21. The summed E-state index contributed by atoms with van der Waals surface area (Å²) < 4.78 is 0. The molecule has 0 rings (SSSR count). The summed E-state index contributed by atoms with van der Waals surface area (Å²) in [4.78, 5) is 0. The van der Waals surface area contributed by atoms with Crippen LogP contribution in [0.2, 0.25) is 0 Å². The maximum Gasteiger partial charge on any atom is 0 e. The van der Waals surface area contributed by atoms with Crippen LogP contribution in [-0.2, 0) is 65.4 Å². The zero-order valence-corrected chi connectivity index (χ0v) is 16.0. The van der Waals surface area contributed by atoms with Gasteiger partial charge in [0.25, 0.3) is 0 Å². The third-order valence-electron chi connectivity index (χ3n) is 0.875. The summed E-state index contributed by atoms with van der Waals surface area (Å²) in [6.07, 6.45) is 8.29. The molecule has 2 radical (unpaired) electrons. The molecule has 0 atom stereocenters. The Balaban J connectivity index is -0.0000000625. The van der Waals surface area contributed by atoms with E-state index in [1.807, 2.05) is 20.8 Å². The number of allylic oxidation sites excluding steroid dienone is 1. The summed E-state index contributed by atoms with van der Waals surface area (Å²) in [6, 6.07) is 0. The van der Waals surface area contributed by atoms with Crippen molar-refractivity contribution in [2.45, 2.75) is 41.5 Å². The van der Waals surface area contributed by atoms with Gasteiger partial charge in [-0.25, -0.2) is 0 Å². The molecule has 0 amide bonds. The molecule has 0 fully saturated rings. The van der Waals surface area contributed by atoms with Crippen LogP contribution in [0.15, 0.2) is 6.08 Å². The molecule has 0 aromatic rings. The Morgan fingerprint density at radius 3 is 1.14 bits per heavy atom. The summed E-state index contributed by atoms with van der Waals surface area (Å²) in [5.41, 5.74) is 0.153. The predicted octanol–water partition coefficient (Wildman–Crippen LogP) is 3.64. The zero-order chi connectivity index (χ0) is 10.4. The van der Waals surface area contributed by atoms with Crippen LogP contribution >= 0.6 is 0 Å². The van der Waals surface area contributed by atoms with Crippen molar-refractivity contribution in [2.24, 2.45) is 10.8 Å². The SMILES string of the molecule is [C-]#CC(C)(C)C.[CH-]=CC(C)(C)C.[Y].[Y]. The van der Waals surface area contributed by atoms with Gasteiger partial charge >= 0.3 is 0 Å². The van der Waals surface area contributed by atoms with Gasteiger partial charge in [0.05, 0.1) is 0 Å². The summed E-state index contributed by atoms with van der Waals surface area (Å²) in [6.45, 7) is 17.2. The van der Waals surface area contributed by atoms with E-state index in [-0.39, 0.29) is 76.2 Å². The zero-order valence-electron chi connectivity index (χ0n) is 10.3. The smallest absolute Gasteiger partial charge is 0 e. The van der Waals surface area contributed by atoms with E-state index in [9.17, 15) is 0 Å². The van der Waals surface area contributed by atoms with E-state index in [2.05, 4.69) is 26.7 Å². The monoisotopic (exact) mass is 342 g/mol. The van der Waals surface area contributed by atoms with Gasteiger partial charge in [-0.3, -0.25) is 6.08 Å². The molecule has 76 valence electrons. The van der Waals surface area contributed by atoms with Crippen LogP contribution in [0.25, 0.3) is 0 Å². The molecule has 0 spiro atoms. The van der Waals surface area contributed by atoms with Gasteiger partial charge in [0, 0.05) is 65.4 Å². The van der Waals surface area contributed by atoms with Crippen molar-refractivity contribution in [1.29, 1.82) is 0 Å². The second-order valence-electron chi connectivity index (χ2n) is 4.91. The third-order valence-corrected chi connectivity index (χ3v) is 0.875.